The zero-order valence-corrected chi connectivity index (χ0v) is 17.2. The number of likely N-dealkylation sites (tertiary alicyclic amines) is 1. The van der Waals surface area contributed by atoms with E-state index in [1.54, 1.807) is 4.90 Å². The Hall–Kier alpha value is -1.79. The molecular weight excluding hydrogens is 348 g/mol. The van der Waals surface area contributed by atoms with Crippen molar-refractivity contribution in [1.82, 2.24) is 10.2 Å². The summed E-state index contributed by atoms with van der Waals surface area (Å²) in [5, 5.41) is 3.01. The summed E-state index contributed by atoms with van der Waals surface area (Å²) in [6.45, 7) is 9.39. The van der Waals surface area contributed by atoms with Crippen LogP contribution in [0.4, 0.5) is 4.79 Å². The SMILES string of the molecule is CCC(C(=O)NCC1CC1C(=O)OC)C1CCN(C(=O)OC(C)(C)C)CC1. The van der Waals surface area contributed by atoms with Crippen molar-refractivity contribution in [1.29, 1.82) is 0 Å². The Kier molecular flexibility index (Phi) is 7.12. The maximum atomic E-state index is 12.6. The molecule has 7 heteroatoms. The Morgan fingerprint density at radius 2 is 1.81 bits per heavy atom. The smallest absolute Gasteiger partial charge is 0.410 e. The Morgan fingerprint density at radius 3 is 2.33 bits per heavy atom. The third kappa shape index (κ3) is 6.11. The zero-order chi connectivity index (χ0) is 20.2. The highest BCUT2D eigenvalue weighted by Crippen LogP contribution is 2.39. The van der Waals surface area contributed by atoms with Crippen LogP contribution < -0.4 is 5.32 Å². The molecule has 1 saturated carbocycles. The summed E-state index contributed by atoms with van der Waals surface area (Å²) in [4.78, 5) is 38.0. The van der Waals surface area contributed by atoms with E-state index in [0.29, 0.717) is 19.6 Å². The second-order valence-electron chi connectivity index (χ2n) is 8.69. The fraction of sp³-hybridized carbons (Fsp3) is 0.850. The summed E-state index contributed by atoms with van der Waals surface area (Å²) in [6.07, 6.45) is 2.89. The maximum Gasteiger partial charge on any atom is 0.410 e. The molecule has 2 rings (SSSR count). The highest BCUT2D eigenvalue weighted by atomic mass is 16.6. The first-order valence-corrected chi connectivity index (χ1v) is 9.99. The van der Waals surface area contributed by atoms with Gasteiger partial charge in [0.25, 0.3) is 0 Å². The highest BCUT2D eigenvalue weighted by Gasteiger charge is 2.44. The molecule has 1 heterocycles. The summed E-state index contributed by atoms with van der Waals surface area (Å²) in [6, 6.07) is 0. The van der Waals surface area contributed by atoms with Crippen LogP contribution in [0.25, 0.3) is 0 Å². The van der Waals surface area contributed by atoms with E-state index < -0.39 is 5.60 Å². The number of hydrogen-bond acceptors (Lipinski definition) is 5. The van der Waals surface area contributed by atoms with Gasteiger partial charge >= 0.3 is 12.1 Å². The van der Waals surface area contributed by atoms with Crippen LogP contribution in [0.15, 0.2) is 0 Å². The van der Waals surface area contributed by atoms with Crippen molar-refractivity contribution < 1.29 is 23.9 Å². The number of hydrogen-bond donors (Lipinski definition) is 1. The van der Waals surface area contributed by atoms with Gasteiger partial charge in [-0.2, -0.15) is 0 Å². The Bertz CT molecular complexity index is 549. The van der Waals surface area contributed by atoms with Gasteiger partial charge in [-0.3, -0.25) is 9.59 Å². The van der Waals surface area contributed by atoms with E-state index in [0.717, 1.165) is 25.7 Å². The molecule has 0 aromatic rings. The van der Waals surface area contributed by atoms with Crippen molar-refractivity contribution in [3.8, 4) is 0 Å². The number of nitrogens with zero attached hydrogens (tertiary/aromatic N) is 1. The second-order valence-corrected chi connectivity index (χ2v) is 8.69. The number of carbonyl (C=O) groups is 3. The average molecular weight is 383 g/mol. The van der Waals surface area contributed by atoms with E-state index in [9.17, 15) is 14.4 Å². The van der Waals surface area contributed by atoms with E-state index in [1.807, 2.05) is 27.7 Å². The van der Waals surface area contributed by atoms with Crippen LogP contribution in [0.3, 0.4) is 0 Å². The van der Waals surface area contributed by atoms with E-state index in [1.165, 1.54) is 7.11 Å². The monoisotopic (exact) mass is 382 g/mol. The number of amides is 2. The molecule has 2 aliphatic rings. The quantitative estimate of drug-likeness (QED) is 0.714. The molecular formula is C20H34N2O5. The fourth-order valence-corrected chi connectivity index (χ4v) is 3.82. The number of ether oxygens (including phenoxy) is 2. The van der Waals surface area contributed by atoms with Crippen molar-refractivity contribution in [3.05, 3.63) is 0 Å². The molecule has 0 spiro atoms. The molecule has 2 amide bonds. The van der Waals surface area contributed by atoms with Crippen LogP contribution in [-0.4, -0.2) is 55.2 Å². The van der Waals surface area contributed by atoms with E-state index in [-0.39, 0.29) is 41.6 Å². The minimum absolute atomic E-state index is 0.0545. The van der Waals surface area contributed by atoms with Gasteiger partial charge in [-0.25, -0.2) is 4.79 Å². The topological polar surface area (TPSA) is 84.9 Å². The lowest BCUT2D eigenvalue weighted by Gasteiger charge is -2.36. The molecule has 154 valence electrons. The minimum Gasteiger partial charge on any atom is -0.469 e. The van der Waals surface area contributed by atoms with Crippen LogP contribution in [-0.2, 0) is 19.1 Å². The highest BCUT2D eigenvalue weighted by molar-refractivity contribution is 5.79. The molecule has 7 nitrogen and oxygen atoms in total. The first-order chi connectivity index (χ1) is 12.7. The zero-order valence-electron chi connectivity index (χ0n) is 17.2. The molecule has 1 aliphatic heterocycles. The predicted molar refractivity (Wildman–Crippen MR) is 101 cm³/mol. The van der Waals surface area contributed by atoms with Gasteiger partial charge in [0, 0.05) is 25.6 Å². The molecule has 3 unspecified atom stereocenters. The maximum absolute atomic E-state index is 12.6. The van der Waals surface area contributed by atoms with Crippen molar-refractivity contribution in [2.24, 2.45) is 23.7 Å². The standard InChI is InChI=1S/C20H34N2O5/c1-6-15(17(23)21-12-14-11-16(14)18(24)26-5)13-7-9-22(10-8-13)19(25)27-20(2,3)4/h13-16H,6-12H2,1-5H3,(H,21,23). The summed E-state index contributed by atoms with van der Waals surface area (Å²) in [5.41, 5.74) is -0.495. The van der Waals surface area contributed by atoms with Crippen LogP contribution in [0.5, 0.6) is 0 Å². The molecule has 0 bridgehead atoms. The van der Waals surface area contributed by atoms with Gasteiger partial charge < -0.3 is 19.7 Å². The van der Waals surface area contributed by atoms with E-state index in [4.69, 9.17) is 9.47 Å². The second kappa shape index (κ2) is 8.93. The van der Waals surface area contributed by atoms with Crippen LogP contribution in [0, 0.1) is 23.7 Å². The molecule has 0 aromatic carbocycles. The lowest BCUT2D eigenvalue weighted by atomic mass is 9.82. The summed E-state index contributed by atoms with van der Waals surface area (Å²) in [5.74, 6) is 0.227. The van der Waals surface area contributed by atoms with Gasteiger partial charge in [-0.1, -0.05) is 6.92 Å². The van der Waals surface area contributed by atoms with Gasteiger partial charge in [0.2, 0.25) is 5.91 Å². The van der Waals surface area contributed by atoms with Gasteiger partial charge in [0.1, 0.15) is 5.60 Å². The first kappa shape index (κ1) is 21.5. The molecule has 1 saturated heterocycles. The summed E-state index contributed by atoms with van der Waals surface area (Å²) >= 11 is 0. The van der Waals surface area contributed by atoms with Crippen molar-refractivity contribution in [2.45, 2.75) is 59.0 Å². The van der Waals surface area contributed by atoms with Crippen LogP contribution in [0.2, 0.25) is 0 Å². The Balaban J connectivity index is 1.77. The molecule has 27 heavy (non-hydrogen) atoms. The van der Waals surface area contributed by atoms with Gasteiger partial charge in [0.05, 0.1) is 13.0 Å². The molecule has 3 atom stereocenters. The number of methoxy groups -OCH3 is 1. The molecule has 1 N–H and O–H groups in total. The third-order valence-electron chi connectivity index (χ3n) is 5.50. The van der Waals surface area contributed by atoms with Crippen molar-refractivity contribution in [3.63, 3.8) is 0 Å². The molecule has 2 fully saturated rings. The Labute approximate surface area is 162 Å². The van der Waals surface area contributed by atoms with Gasteiger partial charge in [0.15, 0.2) is 0 Å². The third-order valence-corrected chi connectivity index (χ3v) is 5.50. The molecule has 1 aliphatic carbocycles. The van der Waals surface area contributed by atoms with E-state index >= 15 is 0 Å². The number of carbonyl (C=O) groups excluding carboxylic acids is 3. The number of rotatable bonds is 6. The van der Waals surface area contributed by atoms with Gasteiger partial charge in [-0.05, 0) is 58.3 Å². The fourth-order valence-electron chi connectivity index (χ4n) is 3.82. The van der Waals surface area contributed by atoms with Crippen molar-refractivity contribution in [2.75, 3.05) is 26.7 Å². The molecule has 0 radical (unpaired) electrons. The first-order valence-electron chi connectivity index (χ1n) is 9.99. The van der Waals surface area contributed by atoms with E-state index in [2.05, 4.69) is 5.32 Å². The minimum atomic E-state index is -0.495. The summed E-state index contributed by atoms with van der Waals surface area (Å²) in [7, 11) is 1.40. The normalized spacial score (nSPS) is 24.1. The Morgan fingerprint density at radius 1 is 1.19 bits per heavy atom. The number of esters is 1. The number of piperidine rings is 1. The lowest BCUT2D eigenvalue weighted by Crippen LogP contribution is -2.45. The van der Waals surface area contributed by atoms with Gasteiger partial charge in [-0.15, -0.1) is 0 Å². The van der Waals surface area contributed by atoms with Crippen LogP contribution in [0.1, 0.15) is 53.4 Å². The van der Waals surface area contributed by atoms with Crippen LogP contribution >= 0.6 is 0 Å². The van der Waals surface area contributed by atoms with Crippen molar-refractivity contribution >= 4 is 18.0 Å². The largest absolute Gasteiger partial charge is 0.469 e. The summed E-state index contributed by atoms with van der Waals surface area (Å²) < 4.78 is 10.2. The number of nitrogens with one attached hydrogen (secondary N) is 1. The lowest BCUT2D eigenvalue weighted by molar-refractivity contribution is -0.142. The molecule has 0 aromatic heterocycles. The predicted octanol–water partition coefficient (Wildman–Crippen LogP) is 2.58. The average Bonchev–Trinajstić information content (AvgIpc) is 3.38.